The standard InChI is InChI=1S/C6H11NO2S/c7-5-6-1-3-10(8,9)4-2-6/h1H,2-5,7H2. The third-order valence-electron chi connectivity index (χ3n) is 1.62. The average molecular weight is 161 g/mol. The van der Waals surface area contributed by atoms with Crippen LogP contribution in [0, 0.1) is 0 Å². The molecule has 0 radical (unpaired) electrons. The smallest absolute Gasteiger partial charge is 0.154 e. The quantitative estimate of drug-likeness (QED) is 0.537. The molecule has 0 spiro atoms. The molecule has 0 unspecified atom stereocenters. The fourth-order valence-corrected chi connectivity index (χ4v) is 2.13. The molecule has 0 atom stereocenters. The van der Waals surface area contributed by atoms with Crippen molar-refractivity contribution in [1.82, 2.24) is 0 Å². The zero-order valence-corrected chi connectivity index (χ0v) is 6.52. The largest absolute Gasteiger partial charge is 0.327 e. The summed E-state index contributed by atoms with van der Waals surface area (Å²) in [7, 11) is -2.76. The molecule has 3 nitrogen and oxygen atoms in total. The molecular weight excluding hydrogens is 150 g/mol. The molecular formula is C6H11NO2S. The summed E-state index contributed by atoms with van der Waals surface area (Å²) < 4.78 is 21.7. The van der Waals surface area contributed by atoms with Crippen LogP contribution in [0.1, 0.15) is 6.42 Å². The van der Waals surface area contributed by atoms with Gasteiger partial charge >= 0.3 is 0 Å². The SMILES string of the molecule is NCC1=CCS(=O)(=O)CC1. The molecule has 4 heteroatoms. The van der Waals surface area contributed by atoms with Crippen LogP contribution in [0.5, 0.6) is 0 Å². The molecule has 1 rings (SSSR count). The van der Waals surface area contributed by atoms with Crippen molar-refractivity contribution in [3.8, 4) is 0 Å². The minimum Gasteiger partial charge on any atom is -0.327 e. The lowest BCUT2D eigenvalue weighted by molar-refractivity contribution is 0.596. The molecule has 58 valence electrons. The highest BCUT2D eigenvalue weighted by Crippen LogP contribution is 2.10. The third-order valence-corrected chi connectivity index (χ3v) is 3.12. The van der Waals surface area contributed by atoms with Gasteiger partial charge in [-0.3, -0.25) is 0 Å². The van der Waals surface area contributed by atoms with Crippen molar-refractivity contribution >= 4 is 9.84 Å². The van der Waals surface area contributed by atoms with E-state index in [1.807, 2.05) is 0 Å². The lowest BCUT2D eigenvalue weighted by Crippen LogP contribution is -2.18. The van der Waals surface area contributed by atoms with Gasteiger partial charge in [-0.1, -0.05) is 11.6 Å². The molecule has 0 saturated carbocycles. The van der Waals surface area contributed by atoms with E-state index in [9.17, 15) is 8.42 Å². The van der Waals surface area contributed by atoms with E-state index in [-0.39, 0.29) is 11.5 Å². The van der Waals surface area contributed by atoms with Crippen LogP contribution in [0.4, 0.5) is 0 Å². The monoisotopic (exact) mass is 161 g/mol. The molecule has 0 aliphatic carbocycles. The Balaban J connectivity index is 2.70. The highest BCUT2D eigenvalue weighted by molar-refractivity contribution is 7.91. The Hall–Kier alpha value is -0.350. The van der Waals surface area contributed by atoms with Gasteiger partial charge < -0.3 is 5.73 Å². The van der Waals surface area contributed by atoms with Crippen LogP contribution in [-0.4, -0.2) is 26.5 Å². The number of rotatable bonds is 1. The molecule has 0 saturated heterocycles. The summed E-state index contributed by atoms with van der Waals surface area (Å²) in [5, 5.41) is 0. The molecule has 1 heterocycles. The summed E-state index contributed by atoms with van der Waals surface area (Å²) in [5.74, 6) is 0.454. The maximum absolute atomic E-state index is 10.8. The van der Waals surface area contributed by atoms with E-state index in [1.165, 1.54) is 0 Å². The molecule has 0 amide bonds. The van der Waals surface area contributed by atoms with Crippen LogP contribution in [-0.2, 0) is 9.84 Å². The minimum atomic E-state index is -2.76. The summed E-state index contributed by atoms with van der Waals surface area (Å²) in [6.45, 7) is 0.496. The van der Waals surface area contributed by atoms with E-state index in [4.69, 9.17) is 5.73 Å². The summed E-state index contributed by atoms with van der Waals surface area (Å²) in [6, 6.07) is 0. The van der Waals surface area contributed by atoms with E-state index in [0.29, 0.717) is 13.0 Å². The van der Waals surface area contributed by atoms with Gasteiger partial charge in [0, 0.05) is 6.54 Å². The van der Waals surface area contributed by atoms with Crippen molar-refractivity contribution in [2.45, 2.75) is 6.42 Å². The van der Waals surface area contributed by atoms with Gasteiger partial charge in [0.05, 0.1) is 11.5 Å². The lowest BCUT2D eigenvalue weighted by Gasteiger charge is -2.10. The van der Waals surface area contributed by atoms with E-state index < -0.39 is 9.84 Å². The number of hydrogen-bond acceptors (Lipinski definition) is 3. The topological polar surface area (TPSA) is 60.2 Å². The average Bonchev–Trinajstić information content (AvgIpc) is 1.88. The lowest BCUT2D eigenvalue weighted by atomic mass is 10.2. The predicted octanol–water partition coefficient (Wildman–Crippen LogP) is -0.310. The normalized spacial score (nSPS) is 23.9. The Morgan fingerprint density at radius 3 is 2.70 bits per heavy atom. The van der Waals surface area contributed by atoms with Crippen LogP contribution in [0.3, 0.4) is 0 Å². The fraction of sp³-hybridized carbons (Fsp3) is 0.667. The van der Waals surface area contributed by atoms with Crippen LogP contribution >= 0.6 is 0 Å². The molecule has 0 aromatic carbocycles. The molecule has 1 aliphatic rings. The van der Waals surface area contributed by atoms with Crippen molar-refractivity contribution in [3.05, 3.63) is 11.6 Å². The maximum Gasteiger partial charge on any atom is 0.154 e. The Morgan fingerprint density at radius 1 is 1.60 bits per heavy atom. The van der Waals surface area contributed by atoms with E-state index in [0.717, 1.165) is 5.57 Å². The number of sulfone groups is 1. The molecule has 1 aliphatic heterocycles. The molecule has 0 aromatic heterocycles. The number of hydrogen-bond donors (Lipinski definition) is 1. The van der Waals surface area contributed by atoms with Crippen molar-refractivity contribution in [1.29, 1.82) is 0 Å². The van der Waals surface area contributed by atoms with Gasteiger partial charge in [0.25, 0.3) is 0 Å². The maximum atomic E-state index is 10.8. The van der Waals surface area contributed by atoms with E-state index in [2.05, 4.69) is 0 Å². The zero-order chi connectivity index (χ0) is 7.61. The van der Waals surface area contributed by atoms with Crippen molar-refractivity contribution in [2.75, 3.05) is 18.1 Å². The van der Waals surface area contributed by atoms with Crippen molar-refractivity contribution in [3.63, 3.8) is 0 Å². The first-order valence-corrected chi connectivity index (χ1v) is 5.04. The zero-order valence-electron chi connectivity index (χ0n) is 5.71. The summed E-state index contributed by atoms with van der Waals surface area (Å²) in [4.78, 5) is 0. The molecule has 10 heavy (non-hydrogen) atoms. The Bertz CT molecular complexity index is 240. The van der Waals surface area contributed by atoms with Gasteiger partial charge in [0.15, 0.2) is 9.84 Å². The van der Waals surface area contributed by atoms with Gasteiger partial charge in [0.1, 0.15) is 0 Å². The third kappa shape index (κ3) is 1.82. The first-order chi connectivity index (χ1) is 4.64. The Morgan fingerprint density at radius 2 is 2.30 bits per heavy atom. The summed E-state index contributed by atoms with van der Waals surface area (Å²) in [6.07, 6.45) is 2.34. The Kier molecular flexibility index (Phi) is 2.11. The molecule has 0 aromatic rings. The second-order valence-electron chi connectivity index (χ2n) is 2.43. The van der Waals surface area contributed by atoms with Gasteiger partial charge in [-0.2, -0.15) is 0 Å². The second kappa shape index (κ2) is 2.72. The molecule has 0 bridgehead atoms. The van der Waals surface area contributed by atoms with Gasteiger partial charge in [0.2, 0.25) is 0 Å². The first-order valence-electron chi connectivity index (χ1n) is 3.22. The van der Waals surface area contributed by atoms with Gasteiger partial charge in [-0.25, -0.2) is 8.42 Å². The predicted molar refractivity (Wildman–Crippen MR) is 40.4 cm³/mol. The fourth-order valence-electron chi connectivity index (χ4n) is 0.902. The molecule has 2 N–H and O–H groups in total. The first kappa shape index (κ1) is 7.75. The Labute approximate surface area is 60.8 Å². The van der Waals surface area contributed by atoms with Gasteiger partial charge in [-0.15, -0.1) is 0 Å². The second-order valence-corrected chi connectivity index (χ2v) is 4.66. The van der Waals surface area contributed by atoms with Crippen LogP contribution in [0.2, 0.25) is 0 Å². The molecule has 0 fully saturated rings. The summed E-state index contributed by atoms with van der Waals surface area (Å²) >= 11 is 0. The summed E-state index contributed by atoms with van der Waals surface area (Å²) in [5.41, 5.74) is 6.39. The van der Waals surface area contributed by atoms with Crippen molar-refractivity contribution < 1.29 is 8.42 Å². The van der Waals surface area contributed by atoms with Crippen LogP contribution in [0.15, 0.2) is 11.6 Å². The van der Waals surface area contributed by atoms with Crippen LogP contribution < -0.4 is 5.73 Å². The van der Waals surface area contributed by atoms with Gasteiger partial charge in [-0.05, 0) is 6.42 Å². The number of nitrogens with two attached hydrogens (primary N) is 1. The van der Waals surface area contributed by atoms with E-state index >= 15 is 0 Å². The minimum absolute atomic E-state index is 0.180. The van der Waals surface area contributed by atoms with Crippen LogP contribution in [0.25, 0.3) is 0 Å². The van der Waals surface area contributed by atoms with Crippen molar-refractivity contribution in [2.24, 2.45) is 5.73 Å². The highest BCUT2D eigenvalue weighted by atomic mass is 32.2. The van der Waals surface area contributed by atoms with E-state index in [1.54, 1.807) is 6.08 Å². The highest BCUT2D eigenvalue weighted by Gasteiger charge is 2.14.